The van der Waals surface area contributed by atoms with E-state index in [1.165, 1.54) is 26.0 Å². The maximum absolute atomic E-state index is 15.3. The van der Waals surface area contributed by atoms with Gasteiger partial charge >= 0.3 is 5.92 Å². The Labute approximate surface area is 767 Å². The van der Waals surface area contributed by atoms with Gasteiger partial charge in [0, 0.05) is 163 Å². The number of hydrogen-bond acceptors (Lipinski definition) is 18. The highest BCUT2D eigenvalue weighted by Gasteiger charge is 2.46. The van der Waals surface area contributed by atoms with Crippen LogP contribution in [0.2, 0.25) is 0 Å². The van der Waals surface area contributed by atoms with Crippen molar-refractivity contribution >= 4 is 82.0 Å². The third-order valence-electron chi connectivity index (χ3n) is 26.9. The first-order valence-electron chi connectivity index (χ1n) is 47.9. The monoisotopic (exact) mass is 1810 g/mol. The summed E-state index contributed by atoms with van der Waals surface area (Å²) in [5.41, 5.74) is 10.6. The van der Waals surface area contributed by atoms with Crippen LogP contribution in [-0.4, -0.2) is 252 Å². The van der Waals surface area contributed by atoms with Gasteiger partial charge in [-0.05, 0) is 169 Å². The van der Waals surface area contributed by atoms with E-state index >= 15 is 8.78 Å². The molecule has 11 rings (SSSR count). The van der Waals surface area contributed by atoms with Crippen molar-refractivity contribution in [2.24, 2.45) is 23.5 Å². The molecule has 5 heterocycles. The first-order chi connectivity index (χ1) is 62.6. The van der Waals surface area contributed by atoms with E-state index in [0.29, 0.717) is 114 Å². The van der Waals surface area contributed by atoms with Crippen LogP contribution >= 0.6 is 0 Å². The number of nitrogens with two attached hydrogens (primary N) is 1. The summed E-state index contributed by atoms with van der Waals surface area (Å²) in [5.74, 6) is -8.06. The number of alkyl halides is 2. The normalized spacial score (nSPS) is 18.7. The van der Waals surface area contributed by atoms with Crippen LogP contribution in [0.25, 0.3) is 0 Å². The minimum atomic E-state index is -3.93. The molecule has 9 atom stereocenters. The number of benzene rings is 3. The lowest BCUT2D eigenvalue weighted by molar-refractivity contribution is -0.149. The summed E-state index contributed by atoms with van der Waals surface area (Å²) in [6.07, 6.45) is 23.0. The zero-order valence-corrected chi connectivity index (χ0v) is 78.7. The number of likely N-dealkylation sites (N-methyl/N-ethyl adjacent to an activating group) is 3. The topological polar surface area (TPSA) is 369 Å². The van der Waals surface area contributed by atoms with Crippen LogP contribution in [0.15, 0.2) is 103 Å². The van der Waals surface area contributed by atoms with Gasteiger partial charge < -0.3 is 82.4 Å². The lowest BCUT2D eigenvalue weighted by atomic mass is 9.87. The lowest BCUT2D eigenvalue weighted by Crippen LogP contribution is -2.56. The van der Waals surface area contributed by atoms with E-state index in [1.807, 2.05) is 100 Å². The van der Waals surface area contributed by atoms with E-state index in [1.54, 1.807) is 66.9 Å². The number of nitrogens with zero attached hydrogens (tertiary/aromatic N) is 9. The molecule has 0 spiro atoms. The Morgan fingerprint density at radius 3 is 1.06 bits per heavy atom. The van der Waals surface area contributed by atoms with Crippen LogP contribution < -0.4 is 53.0 Å². The lowest BCUT2D eigenvalue weighted by Gasteiger charge is -2.37. The van der Waals surface area contributed by atoms with Gasteiger partial charge in [0.1, 0.15) is 35.9 Å². The Morgan fingerprint density at radius 1 is 0.423 bits per heavy atom. The van der Waals surface area contributed by atoms with E-state index in [4.69, 9.17) is 10.5 Å². The quantitative estimate of drug-likeness (QED) is 0.0173. The molecule has 3 aromatic carbocycles. The summed E-state index contributed by atoms with van der Waals surface area (Å²) in [5, 5.41) is 27.4. The third-order valence-corrected chi connectivity index (χ3v) is 26.9. The SMILES string of the molecule is CCC(=O)N[C@@H](C(=O)N1CCN(C)CC1)[C@@H](CC)c1ccc(NC(=O)[C@@H](N)C2CCCCCC2)cc1.CCC(=O)N[C@@H](C(=O)N1CCN(C)CC1)[C@@H](CC)c1ccc(NC(=O)[C@@H](NC(=O)C(F)(F)c2ccc(OC)nc2)C2CCCCCC2)cc1.CCC(=O)N[C@@H](C(=O)N1CCN(C)CC1)[C@@H](CC)c1ccc(NC(=O)[C@@H](NC(=O)c2ccnn2CC)C2CCCCCC2)cc1. The van der Waals surface area contributed by atoms with Crippen molar-refractivity contribution in [2.75, 3.05) is 123 Å². The molecule has 5 aromatic rings. The molecule has 11 amide bonds. The number of anilines is 3. The summed E-state index contributed by atoms with van der Waals surface area (Å²) in [4.78, 5) is 161. The molecule has 6 fully saturated rings. The van der Waals surface area contributed by atoms with E-state index in [0.717, 1.165) is 158 Å². The summed E-state index contributed by atoms with van der Waals surface area (Å²) in [7, 11) is 7.47. The number of carbonyl (C=O) groups excluding carboxylic acids is 11. The van der Waals surface area contributed by atoms with Gasteiger partial charge in [0.25, 0.3) is 11.8 Å². The highest BCUT2D eigenvalue weighted by atomic mass is 19.3. The molecular formula is C98H146F2N18O12. The van der Waals surface area contributed by atoms with Crippen molar-refractivity contribution in [1.82, 2.24) is 70.7 Å². The van der Waals surface area contributed by atoms with E-state index in [9.17, 15) is 52.7 Å². The van der Waals surface area contributed by atoms with Crippen molar-refractivity contribution in [3.63, 3.8) is 0 Å². The number of aryl methyl sites for hydroxylation is 1. The Bertz CT molecular complexity index is 4420. The van der Waals surface area contributed by atoms with Gasteiger partial charge in [-0.15, -0.1) is 0 Å². The molecule has 3 aliphatic carbocycles. The van der Waals surface area contributed by atoms with Gasteiger partial charge in [-0.3, -0.25) is 57.4 Å². The number of hydrogen-bond donors (Lipinski definition) is 9. The average Bonchev–Trinajstić information content (AvgIpc) is 0.967. The fourth-order valence-corrected chi connectivity index (χ4v) is 18.6. The van der Waals surface area contributed by atoms with Gasteiger partial charge in [-0.1, -0.05) is 155 Å². The summed E-state index contributed by atoms with van der Waals surface area (Å²) in [6, 6.07) is 21.8. The van der Waals surface area contributed by atoms with Gasteiger partial charge in [-0.2, -0.15) is 13.9 Å². The molecule has 0 unspecified atom stereocenters. The van der Waals surface area contributed by atoms with E-state index < -0.39 is 59.6 Å². The fraction of sp³-hybridized carbons (Fsp3) is 0.622. The predicted molar refractivity (Wildman–Crippen MR) is 501 cm³/mol. The second kappa shape index (κ2) is 52.1. The number of pyridine rings is 1. The van der Waals surface area contributed by atoms with Crippen LogP contribution in [0.5, 0.6) is 5.88 Å². The summed E-state index contributed by atoms with van der Waals surface area (Å²) < 4.78 is 37.2. The minimum Gasteiger partial charge on any atom is -0.481 e. The molecular weight excluding hydrogens is 1660 g/mol. The van der Waals surface area contributed by atoms with Crippen LogP contribution in [0, 0.1) is 17.8 Å². The molecule has 130 heavy (non-hydrogen) atoms. The number of halogens is 2. The Balaban J connectivity index is 0.000000222. The Kier molecular flexibility index (Phi) is 41.4. The molecule has 6 aliphatic rings. The second-order valence-electron chi connectivity index (χ2n) is 35.8. The van der Waals surface area contributed by atoms with Crippen LogP contribution in [0.1, 0.15) is 253 Å². The number of ether oxygens (including phenoxy) is 1. The second-order valence-corrected chi connectivity index (χ2v) is 35.8. The van der Waals surface area contributed by atoms with Crippen LogP contribution in [0.3, 0.4) is 0 Å². The van der Waals surface area contributed by atoms with Crippen molar-refractivity contribution in [2.45, 2.75) is 269 Å². The largest absolute Gasteiger partial charge is 0.481 e. The molecule has 714 valence electrons. The molecule has 0 bridgehead atoms. The standard InChI is InChI=1S/C36H50F2N6O5.C34H51N7O4.C28H45N5O3/c1-5-28(32(41-29(45)6-2)34(47)44-21-19-43(3)20-22-44)24-13-16-27(17-14-24)40-33(46)31(25-11-9-7-8-10-12-25)42-35(48)36(37,38)26-15-18-30(49-4)39-23-26;1-5-27(31(37-29(42)6-2)34(45)40-22-20-39(4)21-23-40)24-14-16-26(17-15-24)36-33(44)30(25-12-10-8-9-11-13-25)38-32(43)28-18-19-35-41(28)7-3;1-4-23(26(31-24(34)5-2)28(36)33-18-16-32(3)17-19-33)20-12-14-22(15-13-20)30-27(35)25(29)21-10-8-6-7-9-11-21/h13-18,23,25,28,31-32H,5-12,19-22H2,1-4H3,(H,40,46)(H,41,45)(H,42,48);14-19,25,27,30-31H,5-13,20-23H2,1-4H3,(H,36,44)(H,37,42)(H,38,43);12-15,21,23,25-26H,4-11,16-19,29H2,1-3H3,(H,30,35)(H,31,34)/t28-,31-,32+;27-,30-,31+;23-,25-,26+/m000/s1. The van der Waals surface area contributed by atoms with Crippen molar-refractivity contribution < 1.29 is 66.3 Å². The molecule has 10 N–H and O–H groups in total. The van der Waals surface area contributed by atoms with Crippen molar-refractivity contribution in [3.05, 3.63) is 131 Å². The molecule has 3 saturated heterocycles. The first kappa shape index (κ1) is 103. The molecule has 30 nitrogen and oxygen atoms in total. The Hall–Kier alpha value is -10.3. The van der Waals surface area contributed by atoms with Gasteiger partial charge in [0.15, 0.2) is 0 Å². The number of methoxy groups -OCH3 is 1. The zero-order valence-electron chi connectivity index (χ0n) is 78.7. The Morgan fingerprint density at radius 2 is 0.754 bits per heavy atom. The maximum atomic E-state index is 15.3. The maximum Gasteiger partial charge on any atom is 0.351 e. The molecule has 32 heteroatoms. The van der Waals surface area contributed by atoms with Gasteiger partial charge in [0.2, 0.25) is 59.0 Å². The van der Waals surface area contributed by atoms with Gasteiger partial charge in [0.05, 0.1) is 13.2 Å². The first-order valence-corrected chi connectivity index (χ1v) is 47.9. The van der Waals surface area contributed by atoms with Crippen LogP contribution in [0.4, 0.5) is 25.8 Å². The summed E-state index contributed by atoms with van der Waals surface area (Å²) in [6.45, 7) is 22.3. The average molecular weight is 1810 g/mol. The highest BCUT2D eigenvalue weighted by Crippen LogP contribution is 2.36. The van der Waals surface area contributed by atoms with E-state index in [2.05, 4.69) is 74.4 Å². The number of piperazine rings is 3. The van der Waals surface area contributed by atoms with Crippen molar-refractivity contribution in [3.8, 4) is 5.88 Å². The molecule has 3 saturated carbocycles. The number of carbonyl (C=O) groups is 11. The number of aromatic nitrogens is 3. The minimum absolute atomic E-state index is 0.0245. The smallest absolute Gasteiger partial charge is 0.351 e. The number of rotatable bonds is 34. The fourth-order valence-electron chi connectivity index (χ4n) is 18.6. The van der Waals surface area contributed by atoms with Gasteiger partial charge in [-0.25, -0.2) is 4.98 Å². The van der Waals surface area contributed by atoms with Crippen molar-refractivity contribution in [1.29, 1.82) is 0 Å². The molecule has 2 aromatic heterocycles. The number of nitrogens with one attached hydrogen (secondary N) is 8. The van der Waals surface area contributed by atoms with Crippen LogP contribution in [-0.2, 0) is 60.4 Å². The highest BCUT2D eigenvalue weighted by molar-refractivity contribution is 6.02. The van der Waals surface area contributed by atoms with E-state index in [-0.39, 0.29) is 101 Å². The third kappa shape index (κ3) is 29.6. The molecule has 3 aliphatic heterocycles. The molecule has 0 radical (unpaired) electrons. The predicted octanol–water partition coefficient (Wildman–Crippen LogP) is 11.3. The zero-order chi connectivity index (χ0) is 94.0. The number of amides is 11. The summed E-state index contributed by atoms with van der Waals surface area (Å²) >= 11 is 0.